The van der Waals surface area contributed by atoms with Crippen molar-refractivity contribution in [1.29, 1.82) is 0 Å². The minimum atomic E-state index is -3.67. The number of rotatable bonds is 5. The van der Waals surface area contributed by atoms with Gasteiger partial charge in [0.1, 0.15) is 10.7 Å². The van der Waals surface area contributed by atoms with Crippen molar-refractivity contribution in [2.45, 2.75) is 17.3 Å². The van der Waals surface area contributed by atoms with E-state index in [9.17, 15) is 8.42 Å². The molecular weight excluding hydrogens is 401 g/mol. The fraction of sp³-hybridized carbons (Fsp3) is 0.231. The van der Waals surface area contributed by atoms with Crippen LogP contribution in [0.4, 0.5) is 0 Å². The van der Waals surface area contributed by atoms with Gasteiger partial charge in [-0.1, -0.05) is 23.7 Å². The lowest BCUT2D eigenvalue weighted by atomic mass is 10.2. The summed E-state index contributed by atoms with van der Waals surface area (Å²) >= 11 is 14.6. The Kier molecular flexibility index (Phi) is 5.38. The van der Waals surface area contributed by atoms with Crippen molar-refractivity contribution in [3.63, 3.8) is 0 Å². The third-order valence-corrected chi connectivity index (χ3v) is 6.02. The SMILES string of the molecule is CN(Cc1ccc(Cl)cc1)S(=O)(=O)c1cc(CCl)oc1Br. The number of nitrogens with zero attached hydrogens (tertiary/aromatic N) is 1. The molecule has 2 rings (SSSR count). The Labute approximate surface area is 141 Å². The highest BCUT2D eigenvalue weighted by Crippen LogP contribution is 2.29. The number of benzene rings is 1. The minimum absolute atomic E-state index is 0.0645. The average molecular weight is 413 g/mol. The summed E-state index contributed by atoms with van der Waals surface area (Å²) in [6.45, 7) is 0.229. The van der Waals surface area contributed by atoms with Crippen LogP contribution >= 0.6 is 39.1 Å². The second-order valence-electron chi connectivity index (χ2n) is 4.37. The molecular formula is C13H12BrCl2NO3S. The summed E-state index contributed by atoms with van der Waals surface area (Å²) < 4.78 is 31.7. The fourth-order valence-electron chi connectivity index (χ4n) is 1.74. The molecule has 1 heterocycles. The molecule has 1 aromatic carbocycles. The number of hydrogen-bond donors (Lipinski definition) is 0. The summed E-state index contributed by atoms with van der Waals surface area (Å²) in [5.41, 5.74) is 0.836. The van der Waals surface area contributed by atoms with Gasteiger partial charge < -0.3 is 4.42 Å². The maximum Gasteiger partial charge on any atom is 0.247 e. The van der Waals surface area contributed by atoms with Crippen LogP contribution in [-0.2, 0) is 22.4 Å². The van der Waals surface area contributed by atoms with Crippen molar-refractivity contribution in [1.82, 2.24) is 4.31 Å². The van der Waals surface area contributed by atoms with Gasteiger partial charge in [0.05, 0.1) is 5.88 Å². The Morgan fingerprint density at radius 2 is 1.90 bits per heavy atom. The first-order valence-electron chi connectivity index (χ1n) is 5.89. The second-order valence-corrected chi connectivity index (χ2v) is 7.81. The van der Waals surface area contributed by atoms with Crippen molar-refractivity contribution in [2.24, 2.45) is 0 Å². The highest BCUT2D eigenvalue weighted by atomic mass is 79.9. The van der Waals surface area contributed by atoms with Crippen LogP contribution in [0.5, 0.6) is 0 Å². The second kappa shape index (κ2) is 6.71. The first-order chi connectivity index (χ1) is 9.84. The molecule has 4 nitrogen and oxygen atoms in total. The standard InChI is InChI=1S/C13H12BrCl2NO3S/c1-17(8-9-2-4-10(16)5-3-9)21(18,19)12-6-11(7-15)20-13(12)14/h2-6H,7-8H2,1H3. The van der Waals surface area contributed by atoms with Crippen LogP contribution in [0.2, 0.25) is 5.02 Å². The van der Waals surface area contributed by atoms with Crippen molar-refractivity contribution in [3.8, 4) is 0 Å². The van der Waals surface area contributed by atoms with Gasteiger partial charge in [-0.2, -0.15) is 4.31 Å². The van der Waals surface area contributed by atoms with Crippen molar-refractivity contribution in [3.05, 3.63) is 51.3 Å². The van der Waals surface area contributed by atoms with Gasteiger partial charge in [0.15, 0.2) is 4.67 Å². The van der Waals surface area contributed by atoms with Crippen LogP contribution < -0.4 is 0 Å². The van der Waals surface area contributed by atoms with Gasteiger partial charge >= 0.3 is 0 Å². The lowest BCUT2D eigenvalue weighted by Crippen LogP contribution is -2.26. The van der Waals surface area contributed by atoms with Gasteiger partial charge in [0.2, 0.25) is 10.0 Å². The maximum atomic E-state index is 12.5. The quantitative estimate of drug-likeness (QED) is 0.689. The molecule has 0 bridgehead atoms. The number of sulfonamides is 1. The molecule has 0 aliphatic rings. The minimum Gasteiger partial charge on any atom is -0.452 e. The Hall–Kier alpha value is -0.530. The lowest BCUT2D eigenvalue weighted by Gasteiger charge is -2.16. The van der Waals surface area contributed by atoms with E-state index < -0.39 is 10.0 Å². The third kappa shape index (κ3) is 3.81. The molecule has 0 spiro atoms. The molecule has 21 heavy (non-hydrogen) atoms. The predicted molar refractivity (Wildman–Crippen MR) is 86.1 cm³/mol. The molecule has 0 fully saturated rings. The molecule has 0 N–H and O–H groups in total. The summed E-state index contributed by atoms with van der Waals surface area (Å²) in [4.78, 5) is 0.0645. The molecule has 2 aromatic rings. The monoisotopic (exact) mass is 411 g/mol. The van der Waals surface area contributed by atoms with Crippen LogP contribution in [0, 0.1) is 0 Å². The number of hydrogen-bond acceptors (Lipinski definition) is 3. The molecule has 0 saturated carbocycles. The summed E-state index contributed by atoms with van der Waals surface area (Å²) in [5, 5.41) is 0.605. The van der Waals surface area contributed by atoms with E-state index in [2.05, 4.69) is 15.9 Å². The van der Waals surface area contributed by atoms with Crippen molar-refractivity contribution >= 4 is 49.2 Å². The van der Waals surface area contributed by atoms with Crippen molar-refractivity contribution < 1.29 is 12.8 Å². The van der Waals surface area contributed by atoms with Crippen LogP contribution in [0.1, 0.15) is 11.3 Å². The topological polar surface area (TPSA) is 50.5 Å². The van der Waals surface area contributed by atoms with E-state index in [-0.39, 0.29) is 22.0 Å². The lowest BCUT2D eigenvalue weighted by molar-refractivity contribution is 0.460. The van der Waals surface area contributed by atoms with E-state index in [1.165, 1.54) is 17.4 Å². The molecule has 114 valence electrons. The van der Waals surface area contributed by atoms with Crippen LogP contribution in [-0.4, -0.2) is 19.8 Å². The zero-order chi connectivity index (χ0) is 15.6. The first kappa shape index (κ1) is 16.8. The molecule has 0 saturated heterocycles. The first-order valence-corrected chi connectivity index (χ1v) is 9.04. The molecule has 1 aromatic heterocycles. The van der Waals surface area contributed by atoms with Gasteiger partial charge in [0.25, 0.3) is 0 Å². The van der Waals surface area contributed by atoms with E-state index in [4.69, 9.17) is 27.6 Å². The van der Waals surface area contributed by atoms with Crippen LogP contribution in [0.25, 0.3) is 0 Å². The summed E-state index contributed by atoms with van der Waals surface area (Å²) in [6.07, 6.45) is 0. The zero-order valence-corrected chi connectivity index (χ0v) is 14.9. The number of halogens is 3. The highest BCUT2D eigenvalue weighted by Gasteiger charge is 2.27. The summed E-state index contributed by atoms with van der Waals surface area (Å²) in [6, 6.07) is 8.42. The summed E-state index contributed by atoms with van der Waals surface area (Å²) in [5.74, 6) is 0.497. The molecule has 0 aliphatic carbocycles. The maximum absolute atomic E-state index is 12.5. The largest absolute Gasteiger partial charge is 0.452 e. The van der Waals surface area contributed by atoms with Gasteiger partial charge in [-0.3, -0.25) is 0 Å². The Balaban J connectivity index is 2.25. The molecule has 0 unspecified atom stereocenters. The fourth-order valence-corrected chi connectivity index (χ4v) is 4.11. The van der Waals surface area contributed by atoms with E-state index in [0.29, 0.717) is 10.8 Å². The smallest absolute Gasteiger partial charge is 0.247 e. The van der Waals surface area contributed by atoms with E-state index in [0.717, 1.165) is 5.56 Å². The predicted octanol–water partition coefficient (Wildman–Crippen LogP) is 4.26. The highest BCUT2D eigenvalue weighted by molar-refractivity contribution is 9.10. The van der Waals surface area contributed by atoms with Gasteiger partial charge in [-0.15, -0.1) is 11.6 Å². The molecule has 8 heteroatoms. The number of furan rings is 1. The molecule has 0 aliphatic heterocycles. The average Bonchev–Trinajstić information content (AvgIpc) is 2.83. The Morgan fingerprint density at radius 1 is 1.29 bits per heavy atom. The Bertz CT molecular complexity index is 728. The van der Waals surface area contributed by atoms with Gasteiger partial charge in [-0.25, -0.2) is 8.42 Å². The third-order valence-electron chi connectivity index (χ3n) is 2.84. The normalized spacial score (nSPS) is 12.0. The Morgan fingerprint density at radius 3 is 2.43 bits per heavy atom. The van der Waals surface area contributed by atoms with Crippen molar-refractivity contribution in [2.75, 3.05) is 7.05 Å². The molecule has 0 atom stereocenters. The summed E-state index contributed by atoms with van der Waals surface area (Å²) in [7, 11) is -2.16. The van der Waals surface area contributed by atoms with E-state index in [1.54, 1.807) is 24.3 Å². The van der Waals surface area contributed by atoms with E-state index in [1.807, 2.05) is 0 Å². The molecule has 0 radical (unpaired) electrons. The van der Waals surface area contributed by atoms with Crippen LogP contribution in [0.3, 0.4) is 0 Å². The molecule has 0 amide bonds. The zero-order valence-electron chi connectivity index (χ0n) is 11.0. The van der Waals surface area contributed by atoms with Crippen LogP contribution in [0.15, 0.2) is 44.3 Å². The number of alkyl halides is 1. The van der Waals surface area contributed by atoms with Gasteiger partial charge in [-0.05, 0) is 33.6 Å². The van der Waals surface area contributed by atoms with Gasteiger partial charge in [0, 0.05) is 24.7 Å². The van der Waals surface area contributed by atoms with E-state index >= 15 is 0 Å².